The van der Waals surface area contributed by atoms with E-state index in [0.29, 0.717) is 24.3 Å². The molecule has 0 N–H and O–H groups in total. The van der Waals surface area contributed by atoms with Crippen molar-refractivity contribution in [3.63, 3.8) is 0 Å². The van der Waals surface area contributed by atoms with E-state index in [2.05, 4.69) is 29.4 Å². The molecule has 0 aliphatic rings. The van der Waals surface area contributed by atoms with Crippen LogP contribution in [0.5, 0.6) is 17.2 Å². The number of halogens is 5. The summed E-state index contributed by atoms with van der Waals surface area (Å²) < 4.78 is 84.9. The molecule has 0 bridgehead atoms. The molecule has 0 fully saturated rings. The van der Waals surface area contributed by atoms with E-state index >= 15 is 0 Å². The van der Waals surface area contributed by atoms with E-state index < -0.39 is 53.7 Å². The first-order chi connectivity index (χ1) is 19.7. The van der Waals surface area contributed by atoms with E-state index in [9.17, 15) is 37.3 Å². The Bertz CT molecular complexity index is 1670. The summed E-state index contributed by atoms with van der Waals surface area (Å²) in [5.74, 6) is -4.40. The van der Waals surface area contributed by atoms with Gasteiger partial charge in [-0.3, -0.25) is 10.1 Å². The molecule has 0 saturated heterocycles. The molecule has 2 heterocycles. The molecule has 0 radical (unpaired) electrons. The van der Waals surface area contributed by atoms with Crippen LogP contribution in [0.4, 0.5) is 27.6 Å². The van der Waals surface area contributed by atoms with E-state index in [1.807, 2.05) is 0 Å². The molecule has 0 unspecified atom stereocenters. The molecule has 0 atom stereocenters. The molecular formula is C27H23F5N4O5Si. The smallest absolute Gasteiger partial charge is 0.450 e. The van der Waals surface area contributed by atoms with Crippen LogP contribution < -0.4 is 9.47 Å². The van der Waals surface area contributed by atoms with Gasteiger partial charge in [0.05, 0.1) is 28.0 Å². The monoisotopic (exact) mass is 606 g/mol. The standard InChI is InChI=1S/C27H23F5N4O5Si/c1-42(2,3)9-8-39-15-35-14-19(16-4-5-22(17(10-16)13-33)41-27(30,31)32)24-23(6-7-34-26(24)35)40-25-20(28)11-18(36(37)38)12-21(25)29/h4-7,10-12,14H,8-9,15H2,1-3H3. The van der Waals surface area contributed by atoms with Gasteiger partial charge in [-0.05, 0) is 29.8 Å². The third kappa shape index (κ3) is 7.01. The Hall–Kier alpha value is -4.55. The molecule has 4 aromatic rings. The second kappa shape index (κ2) is 11.7. The second-order valence-electron chi connectivity index (χ2n) is 10.3. The maximum absolute atomic E-state index is 14.7. The van der Waals surface area contributed by atoms with Crippen molar-refractivity contribution in [2.45, 2.75) is 38.8 Å². The normalized spacial score (nSPS) is 11.9. The summed E-state index contributed by atoms with van der Waals surface area (Å²) in [6.07, 6.45) is -2.16. The Morgan fingerprint density at radius 2 is 1.79 bits per heavy atom. The highest BCUT2D eigenvalue weighted by Crippen LogP contribution is 2.41. The molecule has 2 aromatic heterocycles. The summed E-state index contributed by atoms with van der Waals surface area (Å²) in [6, 6.07) is 8.26. The number of nitro benzene ring substituents is 1. The number of alkyl halides is 3. The lowest BCUT2D eigenvalue weighted by atomic mass is 10.0. The average Bonchev–Trinajstić information content (AvgIpc) is 3.26. The van der Waals surface area contributed by atoms with E-state index in [1.165, 1.54) is 18.3 Å². The number of hydrogen-bond acceptors (Lipinski definition) is 7. The van der Waals surface area contributed by atoms with Gasteiger partial charge in [0.1, 0.15) is 29.9 Å². The largest absolute Gasteiger partial charge is 0.573 e. The summed E-state index contributed by atoms with van der Waals surface area (Å²) >= 11 is 0. The van der Waals surface area contributed by atoms with Crippen molar-refractivity contribution < 1.29 is 41.1 Å². The van der Waals surface area contributed by atoms with Crippen LogP contribution >= 0.6 is 0 Å². The minimum Gasteiger partial charge on any atom is -0.450 e. The van der Waals surface area contributed by atoms with Gasteiger partial charge in [0.25, 0.3) is 5.69 Å². The van der Waals surface area contributed by atoms with Crippen LogP contribution in [-0.4, -0.2) is 35.5 Å². The molecule has 0 aliphatic heterocycles. The van der Waals surface area contributed by atoms with Crippen LogP contribution in [0, 0.1) is 33.1 Å². The maximum atomic E-state index is 14.7. The highest BCUT2D eigenvalue weighted by Gasteiger charge is 2.32. The number of nitro groups is 1. The zero-order valence-electron chi connectivity index (χ0n) is 22.5. The second-order valence-corrected chi connectivity index (χ2v) is 16.0. The molecular weight excluding hydrogens is 583 g/mol. The number of fused-ring (bicyclic) bond motifs is 1. The SMILES string of the molecule is C[Si](C)(C)CCOCn1cc(-c2ccc(OC(F)(F)F)c(C#N)c2)c2c(Oc3c(F)cc([N+](=O)[O-])cc3F)ccnc21. The van der Waals surface area contributed by atoms with Crippen molar-refractivity contribution in [2.24, 2.45) is 0 Å². The van der Waals surface area contributed by atoms with Crippen molar-refractivity contribution in [3.8, 4) is 34.4 Å². The fraction of sp³-hybridized carbons (Fsp3) is 0.259. The van der Waals surface area contributed by atoms with Gasteiger partial charge >= 0.3 is 6.36 Å². The van der Waals surface area contributed by atoms with Crippen LogP contribution in [0.25, 0.3) is 22.2 Å². The van der Waals surface area contributed by atoms with Gasteiger partial charge in [-0.1, -0.05) is 25.7 Å². The topological polar surface area (TPSA) is 112 Å². The van der Waals surface area contributed by atoms with Gasteiger partial charge in [0.2, 0.25) is 0 Å². The van der Waals surface area contributed by atoms with Crippen LogP contribution in [-0.2, 0) is 11.5 Å². The Morgan fingerprint density at radius 3 is 2.38 bits per heavy atom. The van der Waals surface area contributed by atoms with Crippen molar-refractivity contribution in [1.82, 2.24) is 9.55 Å². The highest BCUT2D eigenvalue weighted by molar-refractivity contribution is 6.76. The molecule has 9 nitrogen and oxygen atoms in total. The van der Waals surface area contributed by atoms with Gasteiger partial charge in [-0.25, -0.2) is 13.8 Å². The van der Waals surface area contributed by atoms with Gasteiger partial charge in [0.15, 0.2) is 17.4 Å². The number of nitriles is 1. The first kappa shape index (κ1) is 30.4. The Morgan fingerprint density at radius 1 is 1.10 bits per heavy atom. The lowest BCUT2D eigenvalue weighted by Crippen LogP contribution is -2.22. The molecule has 0 aliphatic carbocycles. The van der Waals surface area contributed by atoms with Gasteiger partial charge in [-0.2, -0.15) is 5.26 Å². The third-order valence-electron chi connectivity index (χ3n) is 5.99. The van der Waals surface area contributed by atoms with Crippen LogP contribution in [0.15, 0.2) is 48.8 Å². The van der Waals surface area contributed by atoms with Crippen LogP contribution in [0.1, 0.15) is 5.56 Å². The summed E-state index contributed by atoms with van der Waals surface area (Å²) in [5.41, 5.74) is -0.456. The molecule has 0 spiro atoms. The van der Waals surface area contributed by atoms with Gasteiger partial charge < -0.3 is 18.8 Å². The van der Waals surface area contributed by atoms with Gasteiger partial charge in [0, 0.05) is 32.6 Å². The van der Waals surface area contributed by atoms with E-state index in [-0.39, 0.29) is 29.1 Å². The van der Waals surface area contributed by atoms with Crippen LogP contribution in [0.2, 0.25) is 25.7 Å². The molecule has 42 heavy (non-hydrogen) atoms. The lowest BCUT2D eigenvalue weighted by molar-refractivity contribution is -0.385. The Labute approximate surface area is 236 Å². The summed E-state index contributed by atoms with van der Waals surface area (Å²) in [6.45, 7) is 7.00. The number of non-ortho nitro benzene ring substituents is 1. The molecule has 15 heteroatoms. The Kier molecular flexibility index (Phi) is 8.50. The zero-order valence-corrected chi connectivity index (χ0v) is 23.5. The molecule has 0 saturated carbocycles. The van der Waals surface area contributed by atoms with Crippen molar-refractivity contribution in [2.75, 3.05) is 6.61 Å². The van der Waals surface area contributed by atoms with E-state index in [4.69, 9.17) is 9.47 Å². The third-order valence-corrected chi connectivity index (χ3v) is 7.69. The predicted molar refractivity (Wildman–Crippen MR) is 144 cm³/mol. The average molecular weight is 607 g/mol. The first-order valence-corrected chi connectivity index (χ1v) is 16.0. The summed E-state index contributed by atoms with van der Waals surface area (Å²) in [7, 11) is -1.41. The van der Waals surface area contributed by atoms with E-state index in [0.717, 1.165) is 18.2 Å². The van der Waals surface area contributed by atoms with Crippen molar-refractivity contribution >= 4 is 24.8 Å². The van der Waals surface area contributed by atoms with Crippen molar-refractivity contribution in [1.29, 1.82) is 5.26 Å². The minimum absolute atomic E-state index is 0.0120. The number of hydrogen-bond donors (Lipinski definition) is 0. The van der Waals surface area contributed by atoms with E-state index in [1.54, 1.807) is 16.8 Å². The molecule has 0 amide bonds. The lowest BCUT2D eigenvalue weighted by Gasteiger charge is -2.15. The summed E-state index contributed by atoms with van der Waals surface area (Å²) in [4.78, 5) is 14.4. The zero-order chi connectivity index (χ0) is 30.8. The minimum atomic E-state index is -5.03. The number of ether oxygens (including phenoxy) is 3. The molecule has 2 aromatic carbocycles. The number of nitrogens with zero attached hydrogens (tertiary/aromatic N) is 4. The number of aromatic nitrogens is 2. The molecule has 220 valence electrons. The fourth-order valence-corrected chi connectivity index (χ4v) is 4.74. The van der Waals surface area contributed by atoms with Crippen LogP contribution in [0.3, 0.4) is 0 Å². The predicted octanol–water partition coefficient (Wildman–Crippen LogP) is 7.76. The number of benzene rings is 2. The quantitative estimate of drug-likeness (QED) is 0.0596. The summed E-state index contributed by atoms with van der Waals surface area (Å²) in [5, 5.41) is 20.7. The first-order valence-electron chi connectivity index (χ1n) is 12.3. The van der Waals surface area contributed by atoms with Gasteiger partial charge in [-0.15, -0.1) is 13.2 Å². The number of pyridine rings is 1. The number of rotatable bonds is 10. The van der Waals surface area contributed by atoms with Crippen molar-refractivity contribution in [3.05, 3.63) is 76.1 Å². The highest BCUT2D eigenvalue weighted by atomic mass is 28.3. The maximum Gasteiger partial charge on any atom is 0.573 e. The molecule has 4 rings (SSSR count). The Balaban J connectivity index is 1.84. The fourth-order valence-electron chi connectivity index (χ4n) is 3.99.